The summed E-state index contributed by atoms with van der Waals surface area (Å²) in [6.45, 7) is 9.80. The van der Waals surface area contributed by atoms with E-state index in [1.54, 1.807) is 4.90 Å². The van der Waals surface area contributed by atoms with Crippen LogP contribution in [-0.2, 0) is 16.0 Å². The van der Waals surface area contributed by atoms with Crippen LogP contribution in [0.1, 0.15) is 39.2 Å². The molecule has 3 rings (SSSR count). The van der Waals surface area contributed by atoms with E-state index in [1.165, 1.54) is 5.56 Å². The molecule has 0 atom stereocenters. The molecule has 2 aliphatic rings. The summed E-state index contributed by atoms with van der Waals surface area (Å²) >= 11 is 0. The molecule has 27 heavy (non-hydrogen) atoms. The highest BCUT2D eigenvalue weighted by Gasteiger charge is 2.29. The van der Waals surface area contributed by atoms with Crippen molar-refractivity contribution in [3.63, 3.8) is 0 Å². The Morgan fingerprint density at radius 1 is 1.07 bits per heavy atom. The van der Waals surface area contributed by atoms with Gasteiger partial charge in [0.05, 0.1) is 0 Å². The lowest BCUT2D eigenvalue weighted by Gasteiger charge is -2.35. The van der Waals surface area contributed by atoms with Crippen LogP contribution >= 0.6 is 0 Å². The largest absolute Gasteiger partial charge is 0.444 e. The Balaban J connectivity index is 1.38. The number of nitrogens with zero attached hydrogens (tertiary/aromatic N) is 2. The molecule has 0 bridgehead atoms. The van der Waals surface area contributed by atoms with E-state index in [0.717, 1.165) is 44.6 Å². The summed E-state index contributed by atoms with van der Waals surface area (Å²) in [5.74, 6) is 0.370. The van der Waals surface area contributed by atoms with Gasteiger partial charge in [0, 0.05) is 44.3 Å². The molecule has 6 heteroatoms. The Morgan fingerprint density at radius 2 is 1.70 bits per heavy atom. The molecular formula is C21H31N3O3. The summed E-state index contributed by atoms with van der Waals surface area (Å²) in [6, 6.07) is 8.13. The van der Waals surface area contributed by atoms with Gasteiger partial charge in [0.15, 0.2) is 0 Å². The molecule has 1 aromatic rings. The first-order valence-corrected chi connectivity index (χ1v) is 9.90. The van der Waals surface area contributed by atoms with Crippen molar-refractivity contribution in [1.82, 2.24) is 9.80 Å². The van der Waals surface area contributed by atoms with Crippen LogP contribution in [0.3, 0.4) is 0 Å². The molecule has 1 saturated heterocycles. The second kappa shape index (κ2) is 8.30. The Bertz CT molecular complexity index is 654. The zero-order valence-corrected chi connectivity index (χ0v) is 16.7. The lowest BCUT2D eigenvalue weighted by molar-refractivity contribution is -0.117. The quantitative estimate of drug-likeness (QED) is 0.861. The SMILES string of the molecule is CC(C)(C)OC(=O)N1CCN(CCc2ccc(NC(=O)C3CC3)cc2)CC1. The average Bonchev–Trinajstić information content (AvgIpc) is 3.45. The first-order chi connectivity index (χ1) is 12.8. The lowest BCUT2D eigenvalue weighted by atomic mass is 10.1. The van der Waals surface area contributed by atoms with Crippen LogP contribution in [0.2, 0.25) is 0 Å². The number of benzene rings is 1. The number of carbonyl (C=O) groups excluding carboxylic acids is 2. The Morgan fingerprint density at radius 3 is 2.26 bits per heavy atom. The van der Waals surface area contributed by atoms with Gasteiger partial charge in [0.1, 0.15) is 5.60 Å². The molecule has 0 spiro atoms. The zero-order valence-electron chi connectivity index (χ0n) is 16.7. The molecule has 0 aromatic heterocycles. The Labute approximate surface area is 161 Å². The summed E-state index contributed by atoms with van der Waals surface area (Å²) in [5.41, 5.74) is 1.69. The molecule has 0 unspecified atom stereocenters. The fourth-order valence-corrected chi connectivity index (χ4v) is 3.11. The van der Waals surface area contributed by atoms with Gasteiger partial charge >= 0.3 is 6.09 Å². The lowest BCUT2D eigenvalue weighted by Crippen LogP contribution is -2.50. The number of anilines is 1. The van der Waals surface area contributed by atoms with Crippen molar-refractivity contribution in [2.24, 2.45) is 5.92 Å². The van der Waals surface area contributed by atoms with E-state index in [9.17, 15) is 9.59 Å². The van der Waals surface area contributed by atoms with Crippen molar-refractivity contribution >= 4 is 17.7 Å². The van der Waals surface area contributed by atoms with Gasteiger partial charge in [-0.2, -0.15) is 0 Å². The summed E-state index contributed by atoms with van der Waals surface area (Å²) < 4.78 is 5.44. The van der Waals surface area contributed by atoms with Gasteiger partial charge in [-0.15, -0.1) is 0 Å². The van der Waals surface area contributed by atoms with E-state index in [0.29, 0.717) is 13.1 Å². The van der Waals surface area contributed by atoms with E-state index in [1.807, 2.05) is 32.9 Å². The third-order valence-corrected chi connectivity index (χ3v) is 4.91. The first kappa shape index (κ1) is 19.7. The second-order valence-corrected chi connectivity index (χ2v) is 8.52. The predicted octanol–water partition coefficient (Wildman–Crippen LogP) is 3.13. The normalized spacial score (nSPS) is 18.3. The van der Waals surface area contributed by atoms with Crippen LogP contribution in [0.5, 0.6) is 0 Å². The molecule has 1 N–H and O–H groups in total. The van der Waals surface area contributed by atoms with E-state index in [4.69, 9.17) is 4.74 Å². The molecule has 1 heterocycles. The highest BCUT2D eigenvalue weighted by Crippen LogP contribution is 2.30. The van der Waals surface area contributed by atoms with E-state index in [2.05, 4.69) is 22.3 Å². The highest BCUT2D eigenvalue weighted by atomic mass is 16.6. The molecular weight excluding hydrogens is 342 g/mol. The monoisotopic (exact) mass is 373 g/mol. The van der Waals surface area contributed by atoms with Crippen molar-refractivity contribution in [3.8, 4) is 0 Å². The number of amides is 2. The van der Waals surface area contributed by atoms with Crippen molar-refractivity contribution in [2.45, 2.75) is 45.6 Å². The standard InChI is InChI=1S/C21H31N3O3/c1-21(2,3)27-20(26)24-14-12-23(13-15-24)11-10-16-4-8-18(9-5-16)22-19(25)17-6-7-17/h4-5,8-9,17H,6-7,10-15H2,1-3H3,(H,22,25). The minimum absolute atomic E-state index is 0.144. The second-order valence-electron chi connectivity index (χ2n) is 8.52. The smallest absolute Gasteiger partial charge is 0.410 e. The van der Waals surface area contributed by atoms with Gasteiger partial charge in [-0.1, -0.05) is 12.1 Å². The maximum absolute atomic E-state index is 12.1. The molecule has 148 valence electrons. The fraction of sp³-hybridized carbons (Fsp3) is 0.619. The van der Waals surface area contributed by atoms with Crippen molar-refractivity contribution in [3.05, 3.63) is 29.8 Å². The van der Waals surface area contributed by atoms with Gasteiger partial charge < -0.3 is 15.0 Å². The van der Waals surface area contributed by atoms with Crippen LogP contribution in [0.25, 0.3) is 0 Å². The Hall–Kier alpha value is -2.08. The Kier molecular flexibility index (Phi) is 6.05. The number of piperazine rings is 1. The maximum Gasteiger partial charge on any atom is 0.410 e. The minimum atomic E-state index is -0.446. The van der Waals surface area contributed by atoms with Crippen LogP contribution < -0.4 is 5.32 Å². The molecule has 1 aromatic carbocycles. The fourth-order valence-electron chi connectivity index (χ4n) is 3.11. The van der Waals surface area contributed by atoms with Crippen LogP contribution in [0.15, 0.2) is 24.3 Å². The highest BCUT2D eigenvalue weighted by molar-refractivity contribution is 5.93. The minimum Gasteiger partial charge on any atom is -0.444 e. The average molecular weight is 373 g/mol. The summed E-state index contributed by atoms with van der Waals surface area (Å²) in [7, 11) is 0. The number of ether oxygens (including phenoxy) is 1. The van der Waals surface area contributed by atoms with Crippen molar-refractivity contribution in [1.29, 1.82) is 0 Å². The number of hydrogen-bond acceptors (Lipinski definition) is 4. The van der Waals surface area contributed by atoms with Gasteiger partial charge in [-0.3, -0.25) is 9.69 Å². The van der Waals surface area contributed by atoms with Crippen molar-refractivity contribution in [2.75, 3.05) is 38.0 Å². The summed E-state index contributed by atoms with van der Waals surface area (Å²) in [4.78, 5) is 28.1. The van der Waals surface area contributed by atoms with Gasteiger partial charge in [0.25, 0.3) is 0 Å². The number of nitrogens with one attached hydrogen (secondary N) is 1. The van der Waals surface area contributed by atoms with Gasteiger partial charge in [0.2, 0.25) is 5.91 Å². The van der Waals surface area contributed by atoms with Gasteiger partial charge in [-0.25, -0.2) is 4.79 Å². The summed E-state index contributed by atoms with van der Waals surface area (Å²) in [5, 5.41) is 2.97. The molecule has 2 amide bonds. The molecule has 6 nitrogen and oxygen atoms in total. The molecule has 1 saturated carbocycles. The van der Waals surface area contributed by atoms with Crippen LogP contribution in [0.4, 0.5) is 10.5 Å². The predicted molar refractivity (Wildman–Crippen MR) is 106 cm³/mol. The van der Waals surface area contributed by atoms with E-state index >= 15 is 0 Å². The maximum atomic E-state index is 12.1. The topological polar surface area (TPSA) is 61.9 Å². The molecule has 2 fully saturated rings. The summed E-state index contributed by atoms with van der Waals surface area (Å²) in [6.07, 6.45) is 2.78. The molecule has 1 aliphatic heterocycles. The third-order valence-electron chi connectivity index (χ3n) is 4.91. The zero-order chi connectivity index (χ0) is 19.4. The van der Waals surface area contributed by atoms with Crippen LogP contribution in [-0.4, -0.2) is 60.1 Å². The van der Waals surface area contributed by atoms with Crippen molar-refractivity contribution < 1.29 is 14.3 Å². The molecule has 1 aliphatic carbocycles. The number of hydrogen-bond donors (Lipinski definition) is 1. The van der Waals surface area contributed by atoms with E-state index < -0.39 is 5.60 Å². The van der Waals surface area contributed by atoms with E-state index in [-0.39, 0.29) is 17.9 Å². The van der Waals surface area contributed by atoms with Gasteiger partial charge in [-0.05, 0) is 57.7 Å². The van der Waals surface area contributed by atoms with Crippen LogP contribution in [0, 0.1) is 5.92 Å². The number of rotatable bonds is 5. The first-order valence-electron chi connectivity index (χ1n) is 9.90. The molecule has 0 radical (unpaired) electrons. The number of carbonyl (C=O) groups is 2. The third kappa shape index (κ3) is 6.24.